The van der Waals surface area contributed by atoms with E-state index in [0.29, 0.717) is 19.4 Å². The van der Waals surface area contributed by atoms with Crippen molar-refractivity contribution in [3.8, 4) is 0 Å². The third-order valence-corrected chi connectivity index (χ3v) is 10.3. The third kappa shape index (κ3) is 30.0. The quantitative estimate of drug-likeness (QED) is 0.0427. The van der Waals surface area contributed by atoms with E-state index in [1.807, 2.05) is 7.05 Å². The van der Waals surface area contributed by atoms with E-state index in [4.69, 9.17) is 9.47 Å². The first-order valence-electron chi connectivity index (χ1n) is 23.0. The van der Waals surface area contributed by atoms with Crippen molar-refractivity contribution in [1.82, 2.24) is 16.0 Å². The smallest absolute Gasteiger partial charge is 0.306 e. The molecule has 0 aromatic rings. The van der Waals surface area contributed by atoms with E-state index in [1.54, 1.807) is 0 Å². The molecular formula is C47H89N3O4. The molecule has 7 heteroatoms. The Kier molecular flexibility index (Phi) is 37.3. The molecule has 0 spiro atoms. The second-order valence-electron chi connectivity index (χ2n) is 15.5. The number of esters is 2. The van der Waals surface area contributed by atoms with Crippen LogP contribution in [0.5, 0.6) is 0 Å². The summed E-state index contributed by atoms with van der Waals surface area (Å²) in [6.45, 7) is 20.6. The number of ether oxygens (including phenoxy) is 2. The van der Waals surface area contributed by atoms with Crippen molar-refractivity contribution in [2.24, 2.45) is 0 Å². The number of unbranched alkanes of at least 4 members (excludes halogenated alkanes) is 19. The van der Waals surface area contributed by atoms with Gasteiger partial charge in [0, 0.05) is 37.6 Å². The van der Waals surface area contributed by atoms with Crippen LogP contribution in [0.25, 0.3) is 0 Å². The summed E-state index contributed by atoms with van der Waals surface area (Å²) in [5, 5.41) is 10.2. The summed E-state index contributed by atoms with van der Waals surface area (Å²) < 4.78 is 11.0. The summed E-state index contributed by atoms with van der Waals surface area (Å²) in [6, 6.07) is 0. The second-order valence-corrected chi connectivity index (χ2v) is 15.5. The maximum Gasteiger partial charge on any atom is 0.306 e. The minimum Gasteiger partial charge on any atom is -0.466 e. The number of likely N-dealkylation sites (N-methyl/N-ethyl adjacent to an activating group) is 1. The van der Waals surface area contributed by atoms with Gasteiger partial charge in [-0.2, -0.15) is 0 Å². The minimum absolute atomic E-state index is 0.0206. The fourth-order valence-corrected chi connectivity index (χ4v) is 6.69. The average Bonchev–Trinajstić information content (AvgIpc) is 3.17. The molecule has 7 nitrogen and oxygen atoms in total. The van der Waals surface area contributed by atoms with Crippen LogP contribution in [0, 0.1) is 0 Å². The largest absolute Gasteiger partial charge is 0.466 e. The van der Waals surface area contributed by atoms with Crippen molar-refractivity contribution in [3.05, 3.63) is 35.7 Å². The first-order valence-corrected chi connectivity index (χ1v) is 23.0. The summed E-state index contributed by atoms with van der Waals surface area (Å²) in [6.07, 6.45) is 33.9. The predicted octanol–water partition coefficient (Wildman–Crippen LogP) is 12.6. The number of hydrogen-bond acceptors (Lipinski definition) is 7. The van der Waals surface area contributed by atoms with Gasteiger partial charge in [0.25, 0.3) is 0 Å². The van der Waals surface area contributed by atoms with Gasteiger partial charge < -0.3 is 25.4 Å². The molecular weight excluding hydrogens is 671 g/mol. The normalized spacial score (nSPS) is 12.4. The van der Waals surface area contributed by atoms with Gasteiger partial charge in [-0.3, -0.25) is 9.59 Å². The van der Waals surface area contributed by atoms with E-state index >= 15 is 0 Å². The zero-order chi connectivity index (χ0) is 39.9. The van der Waals surface area contributed by atoms with Crippen molar-refractivity contribution in [2.75, 3.05) is 33.3 Å². The lowest BCUT2D eigenvalue weighted by atomic mass is 9.89. The van der Waals surface area contributed by atoms with Crippen molar-refractivity contribution in [3.63, 3.8) is 0 Å². The number of rotatable bonds is 38. The molecule has 0 amide bonds. The third-order valence-electron chi connectivity index (χ3n) is 10.3. The van der Waals surface area contributed by atoms with Crippen LogP contribution < -0.4 is 16.0 Å². The molecule has 1 rings (SSSR count). The molecule has 1 aliphatic rings. The van der Waals surface area contributed by atoms with Crippen LogP contribution in [0.4, 0.5) is 0 Å². The Morgan fingerprint density at radius 1 is 0.519 bits per heavy atom. The van der Waals surface area contributed by atoms with Gasteiger partial charge in [-0.1, -0.05) is 150 Å². The Bertz CT molecular complexity index is 947. The van der Waals surface area contributed by atoms with Gasteiger partial charge in [0.15, 0.2) is 0 Å². The van der Waals surface area contributed by atoms with Crippen LogP contribution in [0.15, 0.2) is 35.7 Å². The molecule has 0 aromatic heterocycles. The van der Waals surface area contributed by atoms with Crippen molar-refractivity contribution < 1.29 is 19.1 Å². The molecule has 0 aliphatic heterocycles. The molecule has 0 atom stereocenters. The Balaban J connectivity index is 0.00000107. The van der Waals surface area contributed by atoms with Crippen LogP contribution in [-0.2, 0) is 19.1 Å². The van der Waals surface area contributed by atoms with E-state index in [9.17, 15) is 9.59 Å². The highest BCUT2D eigenvalue weighted by Gasteiger charge is 2.24. The fraction of sp³-hybridized carbons (Fsp3) is 0.830. The zero-order valence-electron chi connectivity index (χ0n) is 36.5. The summed E-state index contributed by atoms with van der Waals surface area (Å²) in [5.41, 5.74) is 4.27. The molecule has 54 heavy (non-hydrogen) atoms. The SMILES string of the molecule is C=C1C(=C)C(NCCCCNCCCCCCCCC(=O)OCCCCC)=C1NC.CCCCCCCCC(CCCCCCCC)OC(=O)CCCC. The van der Waals surface area contributed by atoms with Crippen molar-refractivity contribution in [2.45, 2.75) is 220 Å². The highest BCUT2D eigenvalue weighted by molar-refractivity contribution is 5.69. The maximum absolute atomic E-state index is 11.9. The Morgan fingerprint density at radius 2 is 0.963 bits per heavy atom. The number of nitrogens with one attached hydrogen (secondary N) is 3. The molecule has 0 bridgehead atoms. The summed E-state index contributed by atoms with van der Waals surface area (Å²) in [7, 11) is 1.92. The van der Waals surface area contributed by atoms with Crippen molar-refractivity contribution >= 4 is 11.9 Å². The van der Waals surface area contributed by atoms with E-state index in [1.165, 1.54) is 109 Å². The minimum atomic E-state index is -0.0206. The van der Waals surface area contributed by atoms with E-state index in [2.05, 4.69) is 56.8 Å². The van der Waals surface area contributed by atoms with Crippen LogP contribution >= 0.6 is 0 Å². The Labute approximate surface area is 335 Å². The van der Waals surface area contributed by atoms with Gasteiger partial charge in [-0.05, 0) is 77.3 Å². The number of carbonyl (C=O) groups excluding carboxylic acids is 2. The highest BCUT2D eigenvalue weighted by atomic mass is 16.5. The van der Waals surface area contributed by atoms with E-state index < -0.39 is 0 Å². The van der Waals surface area contributed by atoms with Gasteiger partial charge in [0.2, 0.25) is 0 Å². The highest BCUT2D eigenvalue weighted by Crippen LogP contribution is 2.33. The average molecular weight is 760 g/mol. The Morgan fingerprint density at radius 3 is 1.54 bits per heavy atom. The lowest BCUT2D eigenvalue weighted by molar-refractivity contribution is -0.150. The van der Waals surface area contributed by atoms with Gasteiger partial charge in [0.1, 0.15) is 6.10 Å². The predicted molar refractivity (Wildman–Crippen MR) is 233 cm³/mol. The molecule has 0 heterocycles. The second kappa shape index (κ2) is 39.0. The summed E-state index contributed by atoms with van der Waals surface area (Å²) >= 11 is 0. The van der Waals surface area contributed by atoms with Crippen LogP contribution in [-0.4, -0.2) is 51.3 Å². The molecule has 316 valence electrons. The topological polar surface area (TPSA) is 88.7 Å². The zero-order valence-corrected chi connectivity index (χ0v) is 36.5. The number of hydrogen-bond donors (Lipinski definition) is 3. The van der Waals surface area contributed by atoms with E-state index in [-0.39, 0.29) is 18.0 Å². The van der Waals surface area contributed by atoms with Gasteiger partial charge >= 0.3 is 11.9 Å². The molecule has 0 unspecified atom stereocenters. The summed E-state index contributed by atoms with van der Waals surface area (Å²) in [4.78, 5) is 23.5. The maximum atomic E-state index is 11.9. The molecule has 0 fully saturated rings. The molecule has 3 N–H and O–H groups in total. The van der Waals surface area contributed by atoms with Crippen molar-refractivity contribution in [1.29, 1.82) is 0 Å². The molecule has 0 aromatic carbocycles. The number of carbonyl (C=O) groups is 2. The molecule has 0 radical (unpaired) electrons. The first kappa shape index (κ1) is 51.7. The lowest BCUT2D eigenvalue weighted by Crippen LogP contribution is -2.31. The monoisotopic (exact) mass is 760 g/mol. The Hall–Kier alpha value is -2.28. The molecule has 1 aliphatic carbocycles. The number of allylic oxidation sites excluding steroid dienone is 2. The van der Waals surface area contributed by atoms with Crippen LogP contribution in [0.2, 0.25) is 0 Å². The standard InChI is InChI=1S/C25H45N3O2.C22H44O2/c1-5-6-15-20-30-23(29)16-11-9-7-8-10-12-17-27-18-13-14-19-28-25-22(3)21(2)24(25)26-4;1-4-7-10-12-14-16-18-21(24-22(23)20-9-6-3)19-17-15-13-11-8-5-2/h26-28H,2-3,5-20H2,1,4H3;21H,4-20H2,1-3H3. The van der Waals surface area contributed by atoms with Crippen LogP contribution in [0.1, 0.15) is 214 Å². The molecule has 0 saturated heterocycles. The van der Waals surface area contributed by atoms with Gasteiger partial charge in [0.05, 0.1) is 18.0 Å². The lowest BCUT2D eigenvalue weighted by Gasteiger charge is -2.29. The summed E-state index contributed by atoms with van der Waals surface area (Å²) in [5.74, 6) is 0.00610. The van der Waals surface area contributed by atoms with Gasteiger partial charge in [-0.15, -0.1) is 0 Å². The van der Waals surface area contributed by atoms with Gasteiger partial charge in [-0.25, -0.2) is 0 Å². The molecule has 0 saturated carbocycles. The fourth-order valence-electron chi connectivity index (χ4n) is 6.69. The van der Waals surface area contributed by atoms with E-state index in [0.717, 1.165) is 106 Å². The first-order chi connectivity index (χ1) is 26.4. The van der Waals surface area contributed by atoms with Crippen LogP contribution in [0.3, 0.4) is 0 Å².